The fraction of sp³-hybridized carbons (Fsp3) is 1.00. The molecule has 3 nitrogen and oxygen atoms in total. The Morgan fingerprint density at radius 3 is 2.62 bits per heavy atom. The molecule has 0 bridgehead atoms. The molecule has 1 aliphatic heterocycles. The van der Waals surface area contributed by atoms with E-state index in [1.807, 2.05) is 0 Å². The number of aliphatic hydroxyl groups excluding tert-OH is 2. The number of hydrogen-bond donors (Lipinski definition) is 2. The van der Waals surface area contributed by atoms with E-state index in [1.54, 1.807) is 0 Å². The van der Waals surface area contributed by atoms with Gasteiger partial charge in [0.1, 0.15) is 6.10 Å². The Morgan fingerprint density at radius 2 is 2.38 bits per heavy atom. The van der Waals surface area contributed by atoms with Crippen LogP contribution < -0.4 is 0 Å². The molecule has 1 saturated heterocycles. The summed E-state index contributed by atoms with van der Waals surface area (Å²) in [7, 11) is 0. The third-order valence-electron chi connectivity index (χ3n) is 1.35. The zero-order valence-electron chi connectivity index (χ0n) is 4.58. The van der Waals surface area contributed by atoms with E-state index in [4.69, 9.17) is 14.9 Å². The van der Waals surface area contributed by atoms with Crippen LogP contribution in [0.3, 0.4) is 0 Å². The van der Waals surface area contributed by atoms with Crippen LogP contribution in [0.2, 0.25) is 0 Å². The second kappa shape index (κ2) is 2.44. The van der Waals surface area contributed by atoms with Gasteiger partial charge in [-0.3, -0.25) is 0 Å². The van der Waals surface area contributed by atoms with Crippen molar-refractivity contribution in [3.8, 4) is 0 Å². The number of ether oxygens (including phenoxy) is 1. The lowest BCUT2D eigenvalue weighted by Gasteiger charge is -2.07. The van der Waals surface area contributed by atoms with Crippen LogP contribution in [0.15, 0.2) is 0 Å². The summed E-state index contributed by atoms with van der Waals surface area (Å²) in [5.41, 5.74) is 0. The molecular formula is C5H10O3. The highest BCUT2D eigenvalue weighted by atomic mass is 16.5. The Hall–Kier alpha value is -0.120. The van der Waals surface area contributed by atoms with Gasteiger partial charge in [-0.1, -0.05) is 0 Å². The average Bonchev–Trinajstić information content (AvgIpc) is 2.14. The molecule has 1 rings (SSSR count). The van der Waals surface area contributed by atoms with Gasteiger partial charge < -0.3 is 14.9 Å². The quantitative estimate of drug-likeness (QED) is 0.470. The van der Waals surface area contributed by atoms with E-state index in [1.165, 1.54) is 0 Å². The molecule has 2 N–H and O–H groups in total. The van der Waals surface area contributed by atoms with Crippen LogP contribution in [0.25, 0.3) is 0 Å². The van der Waals surface area contributed by atoms with Gasteiger partial charge in [0.2, 0.25) is 0 Å². The monoisotopic (exact) mass is 118 g/mol. The summed E-state index contributed by atoms with van der Waals surface area (Å²) in [5, 5.41) is 17.4. The van der Waals surface area contributed by atoms with Crippen molar-refractivity contribution in [1.82, 2.24) is 0 Å². The summed E-state index contributed by atoms with van der Waals surface area (Å²) < 4.78 is 4.91. The molecule has 0 saturated carbocycles. The van der Waals surface area contributed by atoms with Gasteiger partial charge in [-0.25, -0.2) is 0 Å². The Morgan fingerprint density at radius 1 is 1.62 bits per heavy atom. The van der Waals surface area contributed by atoms with E-state index in [2.05, 4.69) is 0 Å². The first-order valence-corrected chi connectivity index (χ1v) is 2.75. The lowest BCUT2D eigenvalue weighted by molar-refractivity contribution is 0.00406. The maximum Gasteiger partial charge on any atom is 0.106 e. The molecule has 0 aliphatic carbocycles. The summed E-state index contributed by atoms with van der Waals surface area (Å²) in [6.07, 6.45) is -0.111. The molecule has 1 unspecified atom stereocenters. The van der Waals surface area contributed by atoms with Crippen LogP contribution in [0.4, 0.5) is 0 Å². The molecule has 0 spiro atoms. The van der Waals surface area contributed by atoms with Crippen LogP contribution >= 0.6 is 0 Å². The predicted molar refractivity (Wildman–Crippen MR) is 27.4 cm³/mol. The first-order chi connectivity index (χ1) is 3.84. The van der Waals surface area contributed by atoms with Crippen LogP contribution in [0.5, 0.6) is 0 Å². The summed E-state index contributed by atoms with van der Waals surface area (Å²) in [6, 6.07) is 0. The maximum absolute atomic E-state index is 8.90. The molecule has 0 aromatic heterocycles. The van der Waals surface area contributed by atoms with Gasteiger partial charge in [-0.15, -0.1) is 0 Å². The molecular weight excluding hydrogens is 108 g/mol. The first-order valence-electron chi connectivity index (χ1n) is 2.75. The fourth-order valence-electron chi connectivity index (χ4n) is 0.812. The van der Waals surface area contributed by atoms with E-state index in [0.717, 1.165) is 0 Å². The third kappa shape index (κ3) is 0.992. The third-order valence-corrected chi connectivity index (χ3v) is 1.35. The average molecular weight is 118 g/mol. The van der Waals surface area contributed by atoms with Crippen LogP contribution in [-0.2, 0) is 4.74 Å². The van der Waals surface area contributed by atoms with Crippen molar-refractivity contribution in [2.75, 3.05) is 13.2 Å². The molecule has 1 fully saturated rings. The molecule has 1 heterocycles. The van der Waals surface area contributed by atoms with Gasteiger partial charge in [-0.2, -0.15) is 0 Å². The molecule has 8 heavy (non-hydrogen) atoms. The molecule has 0 amide bonds. The molecule has 3 heteroatoms. The fourth-order valence-corrected chi connectivity index (χ4v) is 0.812. The predicted octanol–water partition coefficient (Wildman–Crippen LogP) is -0.872. The van der Waals surface area contributed by atoms with Crippen LogP contribution in [-0.4, -0.2) is 35.6 Å². The smallest absolute Gasteiger partial charge is 0.106 e. The lowest BCUT2D eigenvalue weighted by Crippen LogP contribution is -2.24. The van der Waals surface area contributed by atoms with Crippen LogP contribution in [0, 0.1) is 0 Å². The largest absolute Gasteiger partial charge is 0.394 e. The topological polar surface area (TPSA) is 49.7 Å². The van der Waals surface area contributed by atoms with E-state index >= 15 is 0 Å². The Balaban J connectivity index is 2.30. The van der Waals surface area contributed by atoms with E-state index < -0.39 is 6.10 Å². The number of hydrogen-bond acceptors (Lipinski definition) is 3. The first kappa shape index (κ1) is 6.01. The van der Waals surface area contributed by atoms with Crippen molar-refractivity contribution in [1.29, 1.82) is 0 Å². The van der Waals surface area contributed by atoms with Gasteiger partial charge in [0.25, 0.3) is 0 Å². The Kier molecular flexibility index (Phi) is 1.83. The molecule has 0 aromatic rings. The zero-order valence-corrected chi connectivity index (χ0v) is 4.58. The normalized spacial score (nSPS) is 38.2. The molecule has 48 valence electrons. The highest BCUT2D eigenvalue weighted by molar-refractivity contribution is 4.73. The van der Waals surface area contributed by atoms with Gasteiger partial charge in [0.05, 0.1) is 12.7 Å². The minimum absolute atomic E-state index is 0.0683. The van der Waals surface area contributed by atoms with Crippen molar-refractivity contribution in [2.45, 2.75) is 18.6 Å². The molecule has 1 aliphatic rings. The second-order valence-electron chi connectivity index (χ2n) is 1.95. The van der Waals surface area contributed by atoms with Crippen LogP contribution in [0.1, 0.15) is 6.42 Å². The molecule has 0 aromatic carbocycles. The van der Waals surface area contributed by atoms with Gasteiger partial charge in [0, 0.05) is 6.61 Å². The minimum atomic E-state index is -0.444. The van der Waals surface area contributed by atoms with Crippen molar-refractivity contribution >= 4 is 0 Å². The SMILES string of the molecule is OC[C@@H]1OCCC1O. The summed E-state index contributed by atoms with van der Waals surface area (Å²) in [6.45, 7) is 0.508. The Labute approximate surface area is 47.9 Å². The lowest BCUT2D eigenvalue weighted by atomic mass is 10.2. The van der Waals surface area contributed by atoms with Gasteiger partial charge in [0.15, 0.2) is 0 Å². The van der Waals surface area contributed by atoms with Crippen molar-refractivity contribution in [3.05, 3.63) is 0 Å². The zero-order chi connectivity index (χ0) is 5.98. The highest BCUT2D eigenvalue weighted by Gasteiger charge is 2.24. The molecule has 0 radical (unpaired) electrons. The van der Waals surface area contributed by atoms with Crippen molar-refractivity contribution in [2.24, 2.45) is 0 Å². The van der Waals surface area contributed by atoms with Crippen molar-refractivity contribution < 1.29 is 14.9 Å². The van der Waals surface area contributed by atoms with E-state index in [9.17, 15) is 0 Å². The Bertz CT molecular complexity index is 74.1. The summed E-state index contributed by atoms with van der Waals surface area (Å²) in [4.78, 5) is 0. The van der Waals surface area contributed by atoms with E-state index in [0.29, 0.717) is 13.0 Å². The second-order valence-corrected chi connectivity index (χ2v) is 1.95. The number of rotatable bonds is 1. The number of aliphatic hydroxyl groups is 2. The van der Waals surface area contributed by atoms with Gasteiger partial charge in [-0.05, 0) is 6.42 Å². The summed E-state index contributed by atoms with van der Waals surface area (Å²) in [5.74, 6) is 0. The molecule has 2 atom stereocenters. The van der Waals surface area contributed by atoms with Gasteiger partial charge >= 0.3 is 0 Å². The van der Waals surface area contributed by atoms with Crippen molar-refractivity contribution in [3.63, 3.8) is 0 Å². The van der Waals surface area contributed by atoms with E-state index in [-0.39, 0.29) is 12.7 Å². The maximum atomic E-state index is 8.90. The highest BCUT2D eigenvalue weighted by Crippen LogP contribution is 2.11. The standard InChI is InChI=1S/C5H10O3/c6-3-5-4(7)1-2-8-5/h4-7H,1-3H2/t4?,5-/m0/s1. The summed E-state index contributed by atoms with van der Waals surface area (Å²) >= 11 is 0. The minimum Gasteiger partial charge on any atom is -0.394 e.